The summed E-state index contributed by atoms with van der Waals surface area (Å²) < 4.78 is 0. The highest BCUT2D eigenvalue weighted by molar-refractivity contribution is 5.95. The first-order chi connectivity index (χ1) is 6.15. The largest absolute Gasteiger partial charge is 0.271 e. The van der Waals surface area contributed by atoms with Gasteiger partial charge < -0.3 is 0 Å². The zero-order valence-electron chi connectivity index (χ0n) is 7.74. The third-order valence-corrected chi connectivity index (χ3v) is 1.80. The average molecular weight is 173 g/mol. The van der Waals surface area contributed by atoms with Crippen LogP contribution in [0.4, 0.5) is 0 Å². The van der Waals surface area contributed by atoms with Crippen LogP contribution in [0.25, 0.3) is 0 Å². The fraction of sp³-hybridized carbons (Fsp3) is 0.182. The zero-order chi connectivity index (χ0) is 9.84. The SMILES string of the molecule is C#CN(C)C(=O)c1ccc(C)cc1. The van der Waals surface area contributed by atoms with E-state index in [1.807, 2.05) is 19.1 Å². The van der Waals surface area contributed by atoms with Gasteiger partial charge >= 0.3 is 0 Å². The van der Waals surface area contributed by atoms with Crippen molar-refractivity contribution < 1.29 is 4.79 Å². The number of terminal acetylenes is 1. The van der Waals surface area contributed by atoms with Gasteiger partial charge in [-0.3, -0.25) is 9.69 Å². The molecule has 2 heteroatoms. The van der Waals surface area contributed by atoms with Crippen LogP contribution in [0.15, 0.2) is 24.3 Å². The molecule has 0 fully saturated rings. The lowest BCUT2D eigenvalue weighted by atomic mass is 10.1. The molecule has 0 atom stereocenters. The average Bonchev–Trinajstić information content (AvgIpc) is 2.17. The van der Waals surface area contributed by atoms with E-state index in [2.05, 4.69) is 6.04 Å². The minimum absolute atomic E-state index is 0.150. The Morgan fingerprint density at radius 2 is 1.92 bits per heavy atom. The molecule has 0 aliphatic carbocycles. The predicted molar refractivity (Wildman–Crippen MR) is 52.1 cm³/mol. The minimum atomic E-state index is -0.150. The molecule has 0 aliphatic heterocycles. The van der Waals surface area contributed by atoms with Gasteiger partial charge in [-0.2, -0.15) is 0 Å². The number of carbonyl (C=O) groups is 1. The molecule has 1 rings (SSSR count). The summed E-state index contributed by atoms with van der Waals surface area (Å²) in [7, 11) is 1.57. The van der Waals surface area contributed by atoms with E-state index in [1.54, 1.807) is 19.2 Å². The molecule has 0 heterocycles. The number of nitrogens with zero attached hydrogens (tertiary/aromatic N) is 1. The molecule has 0 radical (unpaired) electrons. The van der Waals surface area contributed by atoms with Crippen molar-refractivity contribution in [2.75, 3.05) is 7.05 Å². The van der Waals surface area contributed by atoms with Crippen LogP contribution in [-0.4, -0.2) is 17.9 Å². The standard InChI is InChI=1S/C11H11NO/c1-4-12(3)11(13)10-7-5-9(2)6-8-10/h1,5-8H,2-3H3. The highest BCUT2D eigenvalue weighted by Crippen LogP contribution is 2.05. The lowest BCUT2D eigenvalue weighted by molar-refractivity contribution is 0.0860. The fourth-order valence-electron chi connectivity index (χ4n) is 0.948. The second-order valence-electron chi connectivity index (χ2n) is 2.86. The van der Waals surface area contributed by atoms with Crippen LogP contribution in [0.3, 0.4) is 0 Å². The second-order valence-corrected chi connectivity index (χ2v) is 2.86. The smallest absolute Gasteiger partial charge is 0.265 e. The van der Waals surface area contributed by atoms with Crippen LogP contribution < -0.4 is 0 Å². The molecule has 1 aromatic carbocycles. The summed E-state index contributed by atoms with van der Waals surface area (Å²) in [4.78, 5) is 12.7. The lowest BCUT2D eigenvalue weighted by Gasteiger charge is -2.08. The van der Waals surface area contributed by atoms with E-state index in [4.69, 9.17) is 6.42 Å². The molecule has 2 nitrogen and oxygen atoms in total. The third-order valence-electron chi connectivity index (χ3n) is 1.80. The lowest BCUT2D eigenvalue weighted by Crippen LogP contribution is -2.20. The molecule has 0 aliphatic rings. The van der Waals surface area contributed by atoms with Crippen molar-refractivity contribution in [2.24, 2.45) is 0 Å². The molecular weight excluding hydrogens is 162 g/mol. The van der Waals surface area contributed by atoms with E-state index in [0.717, 1.165) is 5.56 Å². The predicted octanol–water partition coefficient (Wildman–Crippen LogP) is 1.66. The number of carbonyl (C=O) groups excluding carboxylic acids is 1. The van der Waals surface area contributed by atoms with Gasteiger partial charge in [0.15, 0.2) is 0 Å². The molecule has 0 aromatic heterocycles. The summed E-state index contributed by atoms with van der Waals surface area (Å²) in [5, 5.41) is 0. The minimum Gasteiger partial charge on any atom is -0.271 e. The van der Waals surface area contributed by atoms with Crippen LogP contribution in [0.1, 0.15) is 15.9 Å². The number of hydrogen-bond acceptors (Lipinski definition) is 1. The van der Waals surface area contributed by atoms with Gasteiger partial charge in [0, 0.05) is 18.7 Å². The maximum Gasteiger partial charge on any atom is 0.265 e. The summed E-state index contributed by atoms with van der Waals surface area (Å²) in [6, 6.07) is 9.57. The molecule has 1 amide bonds. The van der Waals surface area contributed by atoms with E-state index in [-0.39, 0.29) is 5.91 Å². The highest BCUT2D eigenvalue weighted by atomic mass is 16.2. The van der Waals surface area contributed by atoms with E-state index >= 15 is 0 Å². The topological polar surface area (TPSA) is 20.3 Å². The maximum absolute atomic E-state index is 11.5. The van der Waals surface area contributed by atoms with Gasteiger partial charge in [-0.25, -0.2) is 0 Å². The van der Waals surface area contributed by atoms with Crippen LogP contribution in [0.5, 0.6) is 0 Å². The van der Waals surface area contributed by atoms with Crippen molar-refractivity contribution in [1.82, 2.24) is 4.90 Å². The van der Waals surface area contributed by atoms with Crippen LogP contribution in [0.2, 0.25) is 0 Å². The Hall–Kier alpha value is -1.75. The summed E-state index contributed by atoms with van der Waals surface area (Å²) in [5.74, 6) is -0.150. The Bertz CT molecular complexity index is 345. The highest BCUT2D eigenvalue weighted by Gasteiger charge is 2.07. The Balaban J connectivity index is 2.91. The van der Waals surface area contributed by atoms with Crippen molar-refractivity contribution in [3.63, 3.8) is 0 Å². The molecule has 0 bridgehead atoms. The molecule has 0 unspecified atom stereocenters. The van der Waals surface area contributed by atoms with E-state index in [9.17, 15) is 4.79 Å². The number of aryl methyl sites for hydroxylation is 1. The van der Waals surface area contributed by atoms with Crippen LogP contribution in [0, 0.1) is 19.4 Å². The molecular formula is C11H11NO. The van der Waals surface area contributed by atoms with Gasteiger partial charge in [-0.1, -0.05) is 24.1 Å². The molecule has 0 saturated heterocycles. The Kier molecular flexibility index (Phi) is 2.71. The summed E-state index contributed by atoms with van der Waals surface area (Å²) in [6.45, 7) is 1.97. The van der Waals surface area contributed by atoms with Crippen LogP contribution in [-0.2, 0) is 0 Å². The first kappa shape index (κ1) is 9.34. The number of hydrogen-bond donors (Lipinski definition) is 0. The van der Waals surface area contributed by atoms with Crippen LogP contribution >= 0.6 is 0 Å². The summed E-state index contributed by atoms with van der Waals surface area (Å²) in [6.07, 6.45) is 5.10. The number of benzene rings is 1. The quantitative estimate of drug-likeness (QED) is 0.467. The molecule has 66 valence electrons. The van der Waals surface area contributed by atoms with Gasteiger partial charge in [0.2, 0.25) is 0 Å². The molecule has 0 spiro atoms. The molecule has 0 saturated carbocycles. The van der Waals surface area contributed by atoms with Gasteiger partial charge in [0.1, 0.15) is 0 Å². The van der Waals surface area contributed by atoms with Gasteiger partial charge in [-0.05, 0) is 19.1 Å². The van der Waals surface area contributed by atoms with E-state index in [0.29, 0.717) is 5.56 Å². The van der Waals surface area contributed by atoms with Gasteiger partial charge in [-0.15, -0.1) is 0 Å². The molecule has 1 aromatic rings. The first-order valence-corrected chi connectivity index (χ1v) is 3.96. The van der Waals surface area contributed by atoms with Crippen molar-refractivity contribution in [1.29, 1.82) is 0 Å². The molecule has 13 heavy (non-hydrogen) atoms. The normalized spacial score (nSPS) is 9.00. The van der Waals surface area contributed by atoms with Gasteiger partial charge in [0.25, 0.3) is 5.91 Å². The Morgan fingerprint density at radius 3 is 2.38 bits per heavy atom. The monoisotopic (exact) mass is 173 g/mol. The Morgan fingerprint density at radius 1 is 1.38 bits per heavy atom. The maximum atomic E-state index is 11.5. The van der Waals surface area contributed by atoms with E-state index < -0.39 is 0 Å². The summed E-state index contributed by atoms with van der Waals surface area (Å²) in [5.41, 5.74) is 1.74. The van der Waals surface area contributed by atoms with Crippen molar-refractivity contribution in [2.45, 2.75) is 6.92 Å². The third kappa shape index (κ3) is 2.09. The fourth-order valence-corrected chi connectivity index (χ4v) is 0.948. The Labute approximate surface area is 78.2 Å². The van der Waals surface area contributed by atoms with E-state index in [1.165, 1.54) is 4.90 Å². The summed E-state index contributed by atoms with van der Waals surface area (Å²) >= 11 is 0. The first-order valence-electron chi connectivity index (χ1n) is 3.96. The van der Waals surface area contributed by atoms with Gasteiger partial charge in [0.05, 0.1) is 0 Å². The van der Waals surface area contributed by atoms with Crippen molar-refractivity contribution >= 4 is 5.91 Å². The van der Waals surface area contributed by atoms with Crippen molar-refractivity contribution in [3.05, 3.63) is 35.4 Å². The molecule has 0 N–H and O–H groups in total. The number of amides is 1. The zero-order valence-corrected chi connectivity index (χ0v) is 7.74. The second kappa shape index (κ2) is 3.77. The number of rotatable bonds is 1. The van der Waals surface area contributed by atoms with Crippen molar-refractivity contribution in [3.8, 4) is 12.5 Å².